The topological polar surface area (TPSA) is 77.1 Å². The smallest absolute Gasteiger partial charge is 0 e. The summed E-state index contributed by atoms with van der Waals surface area (Å²) >= 11 is 0. The van der Waals surface area contributed by atoms with Gasteiger partial charge in [0.05, 0.1) is 5.76 Å². The van der Waals surface area contributed by atoms with Crippen LogP contribution in [0.5, 0.6) is 0 Å². The van der Waals surface area contributed by atoms with E-state index < -0.39 is 0 Å². The van der Waals surface area contributed by atoms with Crippen LogP contribution in [0.4, 0.5) is 0 Å². The van der Waals surface area contributed by atoms with Gasteiger partial charge in [0.15, 0.2) is 5.78 Å². The number of aliphatic hydroxyl groups is 1. The molecule has 0 spiro atoms. The van der Waals surface area contributed by atoms with Gasteiger partial charge in [-0.3, -0.25) is 4.79 Å². The van der Waals surface area contributed by atoms with E-state index in [0.717, 1.165) is 0 Å². The van der Waals surface area contributed by atoms with Gasteiger partial charge in [0, 0.05) is 26.2 Å². The molecule has 0 atom stereocenters. The molecule has 0 rings (SSSR count). The molecule has 1 N–H and O–H groups in total. The Hall–Kier alpha value is -0.661. The zero-order valence-electron chi connectivity index (χ0n) is 6.58. The van der Waals surface area contributed by atoms with E-state index >= 15 is 0 Å². The summed E-state index contributed by atoms with van der Waals surface area (Å²) in [5.74, 6) is -0.0625. The summed E-state index contributed by atoms with van der Waals surface area (Å²) in [7, 11) is 0. The molecule has 4 nitrogen and oxygen atoms in total. The van der Waals surface area contributed by atoms with E-state index in [9.17, 15) is 4.79 Å². The van der Waals surface area contributed by atoms with E-state index in [4.69, 9.17) is 14.4 Å². The van der Waals surface area contributed by atoms with Gasteiger partial charge in [-0.25, -0.2) is 0 Å². The number of rotatable bonds is 1. The standard InChI is InChI=1S/C5H8O2.2CO.Ir/c1-4(6)3-5(2)7;2*1-2;/h3,6H,1-2H3;;;. The first-order chi connectivity index (χ1) is 5.13. The van der Waals surface area contributed by atoms with Crippen LogP contribution in [0.1, 0.15) is 13.8 Å². The van der Waals surface area contributed by atoms with E-state index in [1.807, 2.05) is 0 Å². The maximum atomic E-state index is 10.0. The fourth-order valence-corrected chi connectivity index (χ4v) is 0.294. The molecule has 0 amide bonds. The zero-order chi connectivity index (χ0) is 9.86. The van der Waals surface area contributed by atoms with Gasteiger partial charge in [0.25, 0.3) is 0 Å². The third-order valence-electron chi connectivity index (χ3n) is 0.412. The molecule has 12 heavy (non-hydrogen) atoms. The van der Waals surface area contributed by atoms with Crippen LogP contribution in [0.15, 0.2) is 11.8 Å². The van der Waals surface area contributed by atoms with Gasteiger partial charge in [-0.05, 0) is 13.8 Å². The van der Waals surface area contributed by atoms with Crippen LogP contribution in [-0.2, 0) is 34.2 Å². The Balaban J connectivity index is -0.0000000560. The van der Waals surface area contributed by atoms with Crippen molar-refractivity contribution in [1.82, 2.24) is 0 Å². The Morgan fingerprint density at radius 1 is 1.25 bits per heavy atom. The Kier molecular flexibility index (Phi) is 42.1. The first-order valence-electron chi connectivity index (χ1n) is 2.41. The molecule has 1 radical (unpaired) electrons. The summed E-state index contributed by atoms with van der Waals surface area (Å²) in [6.45, 7) is 11.8. The van der Waals surface area contributed by atoms with Crippen LogP contribution in [0, 0.1) is 13.3 Å². The Morgan fingerprint density at radius 2 is 1.50 bits per heavy atom. The largest absolute Gasteiger partial charge is 0 e. The van der Waals surface area contributed by atoms with Crippen molar-refractivity contribution in [2.24, 2.45) is 0 Å². The van der Waals surface area contributed by atoms with E-state index in [1.54, 1.807) is 0 Å². The van der Waals surface area contributed by atoms with Crippen molar-refractivity contribution in [1.29, 1.82) is 0 Å². The van der Waals surface area contributed by atoms with Gasteiger partial charge >= 0.3 is 22.6 Å². The van der Waals surface area contributed by atoms with Gasteiger partial charge in [-0.15, -0.1) is 0 Å². The molecule has 0 aromatic rings. The third-order valence-corrected chi connectivity index (χ3v) is 0.412. The number of ketones is 1. The molecule has 0 aliphatic rings. The molecule has 0 bridgehead atoms. The molecular formula is C7H8IrO4. The number of hydrogen-bond donors (Lipinski definition) is 1. The van der Waals surface area contributed by atoms with Crippen molar-refractivity contribution < 1.29 is 39.3 Å². The van der Waals surface area contributed by atoms with Crippen LogP contribution in [0.25, 0.3) is 0 Å². The van der Waals surface area contributed by atoms with Gasteiger partial charge in [0.1, 0.15) is 0 Å². The second-order valence-electron chi connectivity index (χ2n) is 1.40. The molecule has 0 saturated heterocycles. The van der Waals surface area contributed by atoms with Gasteiger partial charge in [-0.1, -0.05) is 0 Å². The normalized spacial score (nSPS) is 7.00. The summed E-state index contributed by atoms with van der Waals surface area (Å²) in [5.41, 5.74) is 0. The van der Waals surface area contributed by atoms with Crippen molar-refractivity contribution in [3.63, 3.8) is 0 Å². The van der Waals surface area contributed by atoms with Gasteiger partial charge < -0.3 is 5.11 Å². The molecule has 0 unspecified atom stereocenters. The second kappa shape index (κ2) is 22.4. The average molecular weight is 348 g/mol. The van der Waals surface area contributed by atoms with E-state index in [-0.39, 0.29) is 31.6 Å². The Morgan fingerprint density at radius 3 is 1.50 bits per heavy atom. The number of carbonyl (C=O) groups excluding carboxylic acids is 1. The van der Waals surface area contributed by atoms with E-state index in [2.05, 4.69) is 13.3 Å². The minimum absolute atomic E-state index is 0. The summed E-state index contributed by atoms with van der Waals surface area (Å²) in [4.78, 5) is 10.0. The number of carbonyl (C=O) groups is 1. The van der Waals surface area contributed by atoms with E-state index in [1.165, 1.54) is 19.9 Å². The first kappa shape index (κ1) is 22.5. The second-order valence-corrected chi connectivity index (χ2v) is 1.40. The Labute approximate surface area is 84.4 Å². The first-order valence-corrected chi connectivity index (χ1v) is 2.41. The van der Waals surface area contributed by atoms with Crippen molar-refractivity contribution in [3.05, 3.63) is 25.1 Å². The molecule has 0 saturated carbocycles. The Bertz CT molecular complexity index is 159. The van der Waals surface area contributed by atoms with Crippen molar-refractivity contribution in [3.8, 4) is 0 Å². The summed E-state index contributed by atoms with van der Waals surface area (Å²) < 4.78 is 15.0. The zero-order valence-corrected chi connectivity index (χ0v) is 8.98. The molecule has 5 heteroatoms. The van der Waals surface area contributed by atoms with E-state index in [0.29, 0.717) is 0 Å². The third kappa shape index (κ3) is 58.2. The van der Waals surface area contributed by atoms with Crippen LogP contribution in [0.3, 0.4) is 0 Å². The molecule has 0 aromatic heterocycles. The van der Waals surface area contributed by atoms with Crippen LogP contribution in [0.2, 0.25) is 0 Å². The maximum absolute atomic E-state index is 10.0. The van der Waals surface area contributed by atoms with Crippen molar-refractivity contribution in [2.75, 3.05) is 0 Å². The van der Waals surface area contributed by atoms with Crippen molar-refractivity contribution in [2.45, 2.75) is 13.8 Å². The SMILES string of the molecule is CC(=O)C=C(C)O.[C-]#[O+].[C-]#[O+].[Ir]. The molecule has 0 aliphatic carbocycles. The fourth-order valence-electron chi connectivity index (χ4n) is 0.294. The summed E-state index contributed by atoms with van der Waals surface area (Å²) in [6.07, 6.45) is 1.17. The van der Waals surface area contributed by atoms with Gasteiger partial charge in [0.2, 0.25) is 0 Å². The quantitative estimate of drug-likeness (QED) is 0.332. The number of allylic oxidation sites excluding steroid dienone is 2. The van der Waals surface area contributed by atoms with Crippen LogP contribution < -0.4 is 0 Å². The number of aliphatic hydroxyl groups excluding tert-OH is 1. The predicted molar refractivity (Wildman–Crippen MR) is 34.9 cm³/mol. The molecule has 0 heterocycles. The summed E-state index contributed by atoms with van der Waals surface area (Å²) in [6, 6.07) is 0. The predicted octanol–water partition coefficient (Wildman–Crippen LogP) is 0.960. The van der Waals surface area contributed by atoms with Gasteiger partial charge in [-0.2, -0.15) is 0 Å². The molecule has 69 valence electrons. The molecule has 0 aromatic carbocycles. The maximum Gasteiger partial charge on any atom is 0 e. The minimum atomic E-state index is -0.125. The average Bonchev–Trinajstić information content (AvgIpc) is 1.93. The number of hydrogen-bond acceptors (Lipinski definition) is 2. The van der Waals surface area contributed by atoms with Crippen LogP contribution in [-0.4, -0.2) is 10.9 Å². The monoisotopic (exact) mass is 349 g/mol. The fraction of sp³-hybridized carbons (Fsp3) is 0.286. The molecule has 0 aliphatic heterocycles. The minimum Gasteiger partial charge on any atom is 0 e. The summed E-state index contributed by atoms with van der Waals surface area (Å²) in [5, 5.41) is 8.36. The molecular weight excluding hydrogens is 340 g/mol. The molecule has 0 fully saturated rings. The van der Waals surface area contributed by atoms with Crippen LogP contribution >= 0.6 is 0 Å². The van der Waals surface area contributed by atoms with Crippen molar-refractivity contribution >= 4 is 5.78 Å².